The van der Waals surface area contributed by atoms with Gasteiger partial charge in [-0.15, -0.1) is 11.8 Å². The highest BCUT2D eigenvalue weighted by molar-refractivity contribution is 7.99. The molecule has 0 aliphatic heterocycles. The second kappa shape index (κ2) is 9.54. The number of benzene rings is 2. The number of carbonyl (C=O) groups is 2. The van der Waals surface area contributed by atoms with Crippen LogP contribution in [0.1, 0.15) is 13.3 Å². The average Bonchev–Trinajstić information content (AvgIpc) is 2.59. The third-order valence-electron chi connectivity index (χ3n) is 3.29. The highest BCUT2D eigenvalue weighted by atomic mass is 35.5. The van der Waals surface area contributed by atoms with E-state index in [1.165, 1.54) is 24.8 Å². The number of amides is 1. The van der Waals surface area contributed by atoms with Gasteiger partial charge in [-0.3, -0.25) is 9.59 Å². The van der Waals surface area contributed by atoms with Crippen LogP contribution in [-0.2, 0) is 14.3 Å². The number of rotatable bonds is 7. The topological polar surface area (TPSA) is 55.4 Å². The first-order valence-corrected chi connectivity index (χ1v) is 9.06. The minimum absolute atomic E-state index is 0.0571. The van der Waals surface area contributed by atoms with Crippen LogP contribution >= 0.6 is 23.4 Å². The van der Waals surface area contributed by atoms with Crippen molar-refractivity contribution in [1.82, 2.24) is 0 Å². The first-order chi connectivity index (χ1) is 12.4. The summed E-state index contributed by atoms with van der Waals surface area (Å²) in [5, 5.41) is 2.67. The van der Waals surface area contributed by atoms with Crippen molar-refractivity contribution < 1.29 is 23.1 Å². The molecular formula is C18H16ClF2NO3S. The molecule has 1 unspecified atom stereocenters. The molecule has 0 heterocycles. The molecule has 0 aliphatic rings. The fourth-order valence-electron chi connectivity index (χ4n) is 1.96. The molecule has 2 aromatic rings. The maximum absolute atomic E-state index is 13.5. The number of nitrogens with one attached hydrogen (secondary N) is 1. The Bertz CT molecular complexity index is 784. The Morgan fingerprint density at radius 2 is 1.81 bits per heavy atom. The summed E-state index contributed by atoms with van der Waals surface area (Å²) in [7, 11) is 0. The molecule has 1 atom stereocenters. The SMILES string of the molecule is CC(OC(=O)CCSc1ccccc1Cl)C(=O)Nc1c(F)cccc1F. The van der Waals surface area contributed by atoms with Crippen LogP contribution in [0.15, 0.2) is 47.4 Å². The first-order valence-electron chi connectivity index (χ1n) is 7.70. The summed E-state index contributed by atoms with van der Waals surface area (Å²) >= 11 is 7.40. The van der Waals surface area contributed by atoms with Gasteiger partial charge < -0.3 is 10.1 Å². The molecule has 0 bridgehead atoms. The number of anilines is 1. The molecule has 0 spiro atoms. The van der Waals surface area contributed by atoms with E-state index in [9.17, 15) is 18.4 Å². The third kappa shape index (κ3) is 5.71. The molecule has 4 nitrogen and oxygen atoms in total. The van der Waals surface area contributed by atoms with Gasteiger partial charge in [-0.25, -0.2) is 8.78 Å². The summed E-state index contributed by atoms with van der Waals surface area (Å²) in [4.78, 5) is 24.6. The van der Waals surface area contributed by atoms with Crippen molar-refractivity contribution in [1.29, 1.82) is 0 Å². The predicted molar refractivity (Wildman–Crippen MR) is 97.3 cm³/mol. The van der Waals surface area contributed by atoms with Crippen molar-refractivity contribution in [2.75, 3.05) is 11.1 Å². The molecule has 1 N–H and O–H groups in total. The summed E-state index contributed by atoms with van der Waals surface area (Å²) in [5.74, 6) is -2.82. The first kappa shape index (κ1) is 20.2. The number of ether oxygens (including phenoxy) is 1. The van der Waals surface area contributed by atoms with Gasteiger partial charge in [-0.05, 0) is 31.2 Å². The monoisotopic (exact) mass is 399 g/mol. The number of hydrogen-bond donors (Lipinski definition) is 1. The van der Waals surface area contributed by atoms with Crippen molar-refractivity contribution in [2.24, 2.45) is 0 Å². The highest BCUT2D eigenvalue weighted by Crippen LogP contribution is 2.27. The maximum atomic E-state index is 13.5. The minimum atomic E-state index is -1.19. The van der Waals surface area contributed by atoms with E-state index in [-0.39, 0.29) is 6.42 Å². The van der Waals surface area contributed by atoms with E-state index in [1.54, 1.807) is 12.1 Å². The van der Waals surface area contributed by atoms with Gasteiger partial charge in [0, 0.05) is 10.6 Å². The van der Waals surface area contributed by atoms with E-state index in [4.69, 9.17) is 16.3 Å². The lowest BCUT2D eigenvalue weighted by atomic mass is 10.2. The molecule has 1 amide bonds. The van der Waals surface area contributed by atoms with Gasteiger partial charge in [0.2, 0.25) is 0 Å². The second-order valence-corrected chi connectivity index (χ2v) is 6.79. The quantitative estimate of drug-likeness (QED) is 0.543. The average molecular weight is 400 g/mol. The Hall–Kier alpha value is -2.12. The van der Waals surface area contributed by atoms with Crippen LogP contribution in [0.25, 0.3) is 0 Å². The normalized spacial score (nSPS) is 11.7. The van der Waals surface area contributed by atoms with Gasteiger partial charge in [0.1, 0.15) is 17.3 Å². The summed E-state index contributed by atoms with van der Waals surface area (Å²) < 4.78 is 32.0. The number of halogens is 3. The largest absolute Gasteiger partial charge is 0.453 e. The van der Waals surface area contributed by atoms with Crippen molar-refractivity contribution >= 4 is 40.9 Å². The van der Waals surface area contributed by atoms with E-state index in [1.807, 2.05) is 12.1 Å². The van der Waals surface area contributed by atoms with Crippen LogP contribution in [-0.4, -0.2) is 23.7 Å². The zero-order chi connectivity index (χ0) is 19.1. The van der Waals surface area contributed by atoms with Crippen molar-refractivity contribution in [2.45, 2.75) is 24.3 Å². The van der Waals surface area contributed by atoms with E-state index in [0.717, 1.165) is 17.0 Å². The summed E-state index contributed by atoms with van der Waals surface area (Å²) in [6, 6.07) is 10.4. The molecular weight excluding hydrogens is 384 g/mol. The highest BCUT2D eigenvalue weighted by Gasteiger charge is 2.20. The number of para-hydroxylation sites is 1. The predicted octanol–water partition coefficient (Wildman–Crippen LogP) is 4.67. The lowest BCUT2D eigenvalue weighted by Crippen LogP contribution is -2.30. The molecule has 26 heavy (non-hydrogen) atoms. The molecule has 0 saturated heterocycles. The van der Waals surface area contributed by atoms with Crippen LogP contribution in [0.2, 0.25) is 5.02 Å². The van der Waals surface area contributed by atoms with E-state index < -0.39 is 35.3 Å². The number of hydrogen-bond acceptors (Lipinski definition) is 4. The van der Waals surface area contributed by atoms with Gasteiger partial charge >= 0.3 is 5.97 Å². The van der Waals surface area contributed by atoms with Gasteiger partial charge in [-0.1, -0.05) is 29.8 Å². The Morgan fingerprint density at radius 1 is 1.15 bits per heavy atom. The van der Waals surface area contributed by atoms with Crippen molar-refractivity contribution in [3.05, 3.63) is 59.1 Å². The molecule has 2 aromatic carbocycles. The molecule has 0 aliphatic carbocycles. The zero-order valence-electron chi connectivity index (χ0n) is 13.8. The molecule has 8 heteroatoms. The van der Waals surface area contributed by atoms with Crippen LogP contribution < -0.4 is 5.32 Å². The molecule has 2 rings (SSSR count). The Kier molecular flexibility index (Phi) is 7.41. The Balaban J connectivity index is 1.81. The molecule has 0 fully saturated rings. The fraction of sp³-hybridized carbons (Fsp3) is 0.222. The lowest BCUT2D eigenvalue weighted by Gasteiger charge is -2.14. The number of thioether (sulfide) groups is 1. The summed E-state index contributed by atoms with van der Waals surface area (Å²) in [6.07, 6.45) is -1.13. The van der Waals surface area contributed by atoms with E-state index in [2.05, 4.69) is 5.32 Å². The van der Waals surface area contributed by atoms with E-state index in [0.29, 0.717) is 10.8 Å². The fourth-order valence-corrected chi connectivity index (χ4v) is 3.13. The standard InChI is InChI=1S/C18H16ClF2NO3S/c1-11(18(24)22-17-13(20)6-4-7-14(17)21)25-16(23)9-10-26-15-8-3-2-5-12(15)19/h2-8,11H,9-10H2,1H3,(H,22,24). The zero-order valence-corrected chi connectivity index (χ0v) is 15.4. The molecule has 138 valence electrons. The number of esters is 1. The molecule has 0 radical (unpaired) electrons. The smallest absolute Gasteiger partial charge is 0.307 e. The minimum Gasteiger partial charge on any atom is -0.453 e. The van der Waals surface area contributed by atoms with Gasteiger partial charge in [0.15, 0.2) is 6.10 Å². The van der Waals surface area contributed by atoms with Crippen LogP contribution in [0, 0.1) is 11.6 Å². The molecule has 0 saturated carbocycles. The Labute approximate surface area is 158 Å². The summed E-state index contributed by atoms with van der Waals surface area (Å²) in [5.41, 5.74) is -0.574. The van der Waals surface area contributed by atoms with Gasteiger partial charge in [0.05, 0.1) is 11.4 Å². The Morgan fingerprint density at radius 3 is 2.46 bits per heavy atom. The van der Waals surface area contributed by atoms with Gasteiger partial charge in [-0.2, -0.15) is 0 Å². The third-order valence-corrected chi connectivity index (χ3v) is 4.81. The lowest BCUT2D eigenvalue weighted by molar-refractivity contribution is -0.152. The van der Waals surface area contributed by atoms with Gasteiger partial charge in [0.25, 0.3) is 5.91 Å². The second-order valence-electron chi connectivity index (χ2n) is 5.25. The van der Waals surface area contributed by atoms with E-state index >= 15 is 0 Å². The van der Waals surface area contributed by atoms with Crippen molar-refractivity contribution in [3.8, 4) is 0 Å². The molecule has 0 aromatic heterocycles. The maximum Gasteiger partial charge on any atom is 0.307 e. The van der Waals surface area contributed by atoms with Crippen molar-refractivity contribution in [3.63, 3.8) is 0 Å². The van der Waals surface area contributed by atoms with Crippen LogP contribution in [0.3, 0.4) is 0 Å². The number of carbonyl (C=O) groups excluding carboxylic acids is 2. The van der Waals surface area contributed by atoms with Crippen LogP contribution in [0.5, 0.6) is 0 Å². The van der Waals surface area contributed by atoms with Crippen LogP contribution in [0.4, 0.5) is 14.5 Å². The summed E-state index contributed by atoms with van der Waals surface area (Å²) in [6.45, 7) is 1.33.